The lowest BCUT2D eigenvalue weighted by molar-refractivity contribution is -0.121. The van der Waals surface area contributed by atoms with E-state index in [0.29, 0.717) is 29.7 Å². The number of halogens is 2. The van der Waals surface area contributed by atoms with Crippen molar-refractivity contribution in [3.63, 3.8) is 0 Å². The molecule has 28 heavy (non-hydrogen) atoms. The molecule has 0 saturated carbocycles. The predicted octanol–water partition coefficient (Wildman–Crippen LogP) is 4.76. The van der Waals surface area contributed by atoms with Crippen LogP contribution in [0.5, 0.6) is 0 Å². The molecule has 1 N–H and O–H groups in total. The number of aromatic nitrogens is 2. The van der Waals surface area contributed by atoms with Crippen LogP contribution in [0.2, 0.25) is 5.02 Å². The van der Waals surface area contributed by atoms with Crippen molar-refractivity contribution in [2.45, 2.75) is 24.2 Å². The van der Waals surface area contributed by atoms with Crippen LogP contribution < -0.4 is 5.32 Å². The van der Waals surface area contributed by atoms with Gasteiger partial charge >= 0.3 is 0 Å². The second kappa shape index (κ2) is 10.2. The van der Waals surface area contributed by atoms with Gasteiger partial charge in [0.15, 0.2) is 0 Å². The molecule has 1 aromatic heterocycles. The van der Waals surface area contributed by atoms with Gasteiger partial charge < -0.3 is 9.84 Å². The summed E-state index contributed by atoms with van der Waals surface area (Å²) in [6, 6.07) is 13.5. The van der Waals surface area contributed by atoms with E-state index in [-0.39, 0.29) is 18.1 Å². The summed E-state index contributed by atoms with van der Waals surface area (Å²) in [5.41, 5.74) is 0.808. The minimum Gasteiger partial charge on any atom is -0.356 e. The smallest absolute Gasteiger partial charge is 0.227 e. The maximum absolute atomic E-state index is 12.8. The second-order valence-electron chi connectivity index (χ2n) is 6.02. The Morgan fingerprint density at radius 3 is 2.64 bits per heavy atom. The molecule has 1 amide bonds. The Kier molecular flexibility index (Phi) is 7.45. The van der Waals surface area contributed by atoms with Crippen molar-refractivity contribution in [1.29, 1.82) is 0 Å². The quantitative estimate of drug-likeness (QED) is 0.400. The molecule has 0 aliphatic rings. The van der Waals surface area contributed by atoms with Gasteiger partial charge in [0.1, 0.15) is 5.82 Å². The van der Waals surface area contributed by atoms with Gasteiger partial charge in [0.05, 0.1) is 0 Å². The molecule has 0 unspecified atom stereocenters. The number of nitrogens with one attached hydrogen (secondary N) is 1. The van der Waals surface area contributed by atoms with Crippen molar-refractivity contribution in [1.82, 2.24) is 15.5 Å². The zero-order chi connectivity index (χ0) is 19.8. The van der Waals surface area contributed by atoms with Crippen molar-refractivity contribution in [3.05, 3.63) is 65.3 Å². The third kappa shape index (κ3) is 6.35. The topological polar surface area (TPSA) is 68.0 Å². The fourth-order valence-corrected chi connectivity index (χ4v) is 3.38. The summed E-state index contributed by atoms with van der Waals surface area (Å²) >= 11 is 7.50. The van der Waals surface area contributed by atoms with Gasteiger partial charge in [-0.15, -0.1) is 11.8 Å². The lowest BCUT2D eigenvalue weighted by Gasteiger charge is -2.04. The molecule has 0 aliphatic carbocycles. The molecule has 0 aliphatic heterocycles. The molecule has 146 valence electrons. The number of hydrogen-bond acceptors (Lipinski definition) is 5. The van der Waals surface area contributed by atoms with Gasteiger partial charge in [0.25, 0.3) is 0 Å². The average Bonchev–Trinajstić information content (AvgIpc) is 3.17. The van der Waals surface area contributed by atoms with Crippen LogP contribution in [0.3, 0.4) is 0 Å². The molecule has 8 heteroatoms. The molecular formula is C20H19ClFN3O2S. The number of benzene rings is 2. The SMILES string of the molecule is O=C(CCc1nc(-c2ccc(Cl)cc2)no1)NCCCSc1ccc(F)cc1. The van der Waals surface area contributed by atoms with Gasteiger partial charge in [0, 0.05) is 34.9 Å². The summed E-state index contributed by atoms with van der Waals surface area (Å²) in [6.07, 6.45) is 1.50. The van der Waals surface area contributed by atoms with Gasteiger partial charge in [-0.2, -0.15) is 4.98 Å². The van der Waals surface area contributed by atoms with E-state index in [2.05, 4.69) is 15.5 Å². The molecule has 0 atom stereocenters. The zero-order valence-electron chi connectivity index (χ0n) is 15.0. The number of thioether (sulfide) groups is 1. The first-order chi connectivity index (χ1) is 13.6. The largest absolute Gasteiger partial charge is 0.356 e. The van der Waals surface area contributed by atoms with Crippen LogP contribution in [0.15, 0.2) is 57.9 Å². The normalized spacial score (nSPS) is 10.8. The van der Waals surface area contributed by atoms with E-state index >= 15 is 0 Å². The number of carbonyl (C=O) groups excluding carboxylic acids is 1. The van der Waals surface area contributed by atoms with Crippen LogP contribution in [0.1, 0.15) is 18.7 Å². The Labute approximate surface area is 171 Å². The van der Waals surface area contributed by atoms with Gasteiger partial charge in [-0.1, -0.05) is 16.8 Å². The Morgan fingerprint density at radius 2 is 1.89 bits per heavy atom. The van der Waals surface area contributed by atoms with Crippen molar-refractivity contribution in [2.75, 3.05) is 12.3 Å². The second-order valence-corrected chi connectivity index (χ2v) is 7.63. The summed E-state index contributed by atoms with van der Waals surface area (Å²) in [5.74, 6) is 1.45. The average molecular weight is 420 g/mol. The van der Waals surface area contributed by atoms with E-state index in [1.54, 1.807) is 36.0 Å². The van der Waals surface area contributed by atoms with E-state index in [4.69, 9.17) is 16.1 Å². The fraction of sp³-hybridized carbons (Fsp3) is 0.250. The minimum absolute atomic E-state index is 0.0574. The molecule has 0 radical (unpaired) electrons. The molecular weight excluding hydrogens is 401 g/mol. The van der Waals surface area contributed by atoms with Gasteiger partial charge in [-0.05, 0) is 60.7 Å². The number of rotatable bonds is 9. The third-order valence-electron chi connectivity index (χ3n) is 3.86. The molecule has 0 saturated heterocycles. The molecule has 3 aromatic rings. The Hall–Kier alpha value is -2.38. The third-order valence-corrected chi connectivity index (χ3v) is 5.21. The Morgan fingerprint density at radius 1 is 1.14 bits per heavy atom. The molecule has 0 spiro atoms. The highest BCUT2D eigenvalue weighted by atomic mass is 35.5. The van der Waals surface area contributed by atoms with Crippen molar-refractivity contribution >= 4 is 29.3 Å². The highest BCUT2D eigenvalue weighted by Gasteiger charge is 2.10. The van der Waals surface area contributed by atoms with E-state index in [1.807, 2.05) is 12.1 Å². The van der Waals surface area contributed by atoms with Crippen LogP contribution in [0.25, 0.3) is 11.4 Å². The van der Waals surface area contributed by atoms with Gasteiger partial charge in [-0.25, -0.2) is 4.39 Å². The highest BCUT2D eigenvalue weighted by molar-refractivity contribution is 7.99. The Bertz CT molecular complexity index is 901. The van der Waals surface area contributed by atoms with Crippen molar-refractivity contribution < 1.29 is 13.7 Å². The first-order valence-corrected chi connectivity index (χ1v) is 10.2. The maximum atomic E-state index is 12.8. The molecule has 5 nitrogen and oxygen atoms in total. The maximum Gasteiger partial charge on any atom is 0.227 e. The lowest BCUT2D eigenvalue weighted by atomic mass is 10.2. The predicted molar refractivity (Wildman–Crippen MR) is 108 cm³/mol. The molecule has 3 rings (SSSR count). The van der Waals surface area contributed by atoms with Crippen LogP contribution in [0, 0.1) is 5.82 Å². The summed E-state index contributed by atoms with van der Waals surface area (Å²) in [5, 5.41) is 7.44. The first-order valence-electron chi connectivity index (χ1n) is 8.84. The van der Waals surface area contributed by atoms with E-state index in [9.17, 15) is 9.18 Å². The van der Waals surface area contributed by atoms with E-state index in [1.165, 1.54) is 12.1 Å². The van der Waals surface area contributed by atoms with Crippen molar-refractivity contribution in [3.8, 4) is 11.4 Å². The lowest BCUT2D eigenvalue weighted by Crippen LogP contribution is -2.25. The van der Waals surface area contributed by atoms with Crippen LogP contribution in [-0.2, 0) is 11.2 Å². The minimum atomic E-state index is -0.238. The summed E-state index contributed by atoms with van der Waals surface area (Å²) in [4.78, 5) is 17.3. The van der Waals surface area contributed by atoms with E-state index < -0.39 is 0 Å². The fourth-order valence-electron chi connectivity index (χ4n) is 2.40. The monoisotopic (exact) mass is 419 g/mol. The highest BCUT2D eigenvalue weighted by Crippen LogP contribution is 2.19. The number of hydrogen-bond donors (Lipinski definition) is 1. The van der Waals surface area contributed by atoms with E-state index in [0.717, 1.165) is 22.6 Å². The van der Waals surface area contributed by atoms with Crippen molar-refractivity contribution in [2.24, 2.45) is 0 Å². The van der Waals surface area contributed by atoms with Crippen LogP contribution in [0.4, 0.5) is 4.39 Å². The number of amides is 1. The van der Waals surface area contributed by atoms with Crippen LogP contribution >= 0.6 is 23.4 Å². The standard InChI is InChI=1S/C20H19ClFN3O2S/c21-15-4-2-14(3-5-15)20-24-19(27-25-20)11-10-18(26)23-12-1-13-28-17-8-6-16(22)7-9-17/h2-9H,1,10-13H2,(H,23,26). The number of nitrogens with zero attached hydrogens (tertiary/aromatic N) is 2. The molecule has 0 fully saturated rings. The van der Waals surface area contributed by atoms with Gasteiger partial charge in [0.2, 0.25) is 17.6 Å². The summed E-state index contributed by atoms with van der Waals surface area (Å²) in [7, 11) is 0. The van der Waals surface area contributed by atoms with Gasteiger partial charge in [-0.3, -0.25) is 4.79 Å². The Balaban J connectivity index is 1.33. The summed E-state index contributed by atoms with van der Waals surface area (Å²) in [6.45, 7) is 0.590. The molecule has 1 heterocycles. The van der Waals surface area contributed by atoms with Crippen LogP contribution in [-0.4, -0.2) is 28.3 Å². The summed E-state index contributed by atoms with van der Waals surface area (Å²) < 4.78 is 18.0. The zero-order valence-corrected chi connectivity index (χ0v) is 16.6. The number of aryl methyl sites for hydroxylation is 1. The molecule has 2 aromatic carbocycles. The first kappa shape index (κ1) is 20.4. The number of carbonyl (C=O) groups is 1. The molecule has 0 bridgehead atoms.